The Morgan fingerprint density at radius 2 is 1.83 bits per heavy atom. The number of ether oxygens (including phenoxy) is 1. The van der Waals surface area contributed by atoms with E-state index in [0.717, 1.165) is 23.8 Å². The first-order valence-corrected chi connectivity index (χ1v) is 10.5. The molecule has 4 bridgehead atoms. The fourth-order valence-corrected chi connectivity index (χ4v) is 6.32. The molecule has 5 rings (SSSR count). The minimum atomic E-state index is -0.789. The summed E-state index contributed by atoms with van der Waals surface area (Å²) in [6.45, 7) is 1.65. The average Bonchev–Trinajstić information content (AvgIpc) is 2.65. The van der Waals surface area contributed by atoms with E-state index < -0.39 is 17.5 Å². The zero-order chi connectivity index (χ0) is 20.8. The number of rotatable bonds is 6. The molecule has 1 aromatic rings. The molecule has 0 aromatic heterocycles. The summed E-state index contributed by atoms with van der Waals surface area (Å²) in [7, 11) is 0. The summed E-state index contributed by atoms with van der Waals surface area (Å²) >= 11 is 5.75. The summed E-state index contributed by atoms with van der Waals surface area (Å²) in [5, 5.41) is 13.9. The molecule has 1 N–H and O–H groups in total. The maximum Gasteiger partial charge on any atom is 0.338 e. The van der Waals surface area contributed by atoms with Gasteiger partial charge in [0.2, 0.25) is 0 Å². The Kier molecular flexibility index (Phi) is 5.27. The molecule has 1 aromatic carbocycles. The maximum absolute atomic E-state index is 12.4. The number of hydrogen-bond donors (Lipinski definition) is 1. The van der Waals surface area contributed by atoms with Crippen LogP contribution in [0.5, 0.6) is 0 Å². The summed E-state index contributed by atoms with van der Waals surface area (Å²) in [5.74, 6) is 1.24. The minimum Gasteiger partial charge on any atom is -0.452 e. The predicted octanol–water partition coefficient (Wildman–Crippen LogP) is 4.13. The average molecular weight is 421 g/mol. The van der Waals surface area contributed by atoms with Gasteiger partial charge in [0.05, 0.1) is 10.5 Å². The number of nitrogens with zero attached hydrogens (tertiary/aromatic N) is 1. The first-order chi connectivity index (χ1) is 13.8. The molecule has 8 heteroatoms. The largest absolute Gasteiger partial charge is 0.452 e. The number of hydrogen-bond acceptors (Lipinski definition) is 5. The molecule has 156 valence electrons. The standard InChI is InChI=1S/C21H25ClN2O5/c1-12(21-8-13-4-14(9-21)6-15(5-13)10-21)23-19(25)11-29-20(26)16-2-3-17(22)18(7-16)24(27)28/h2-3,7,12-15H,4-6,8-11H2,1H3,(H,23,25)/t12-,13?,14?,15?,21?/m1/s1. The molecule has 0 spiro atoms. The summed E-state index contributed by atoms with van der Waals surface area (Å²) in [6, 6.07) is 3.71. The van der Waals surface area contributed by atoms with Gasteiger partial charge in [-0.1, -0.05) is 11.6 Å². The Bertz CT molecular complexity index is 820. The molecule has 0 unspecified atom stereocenters. The Labute approximate surface area is 174 Å². The quantitative estimate of drug-likeness (QED) is 0.424. The summed E-state index contributed by atoms with van der Waals surface area (Å²) in [5.41, 5.74) is -0.213. The fraction of sp³-hybridized carbons (Fsp3) is 0.619. The Balaban J connectivity index is 1.33. The summed E-state index contributed by atoms with van der Waals surface area (Å²) in [6.07, 6.45) is 7.54. The van der Waals surface area contributed by atoms with Crippen molar-refractivity contribution in [2.24, 2.45) is 23.2 Å². The molecule has 0 radical (unpaired) electrons. The SMILES string of the molecule is C[C@@H](NC(=O)COC(=O)c1ccc(Cl)c([N+](=O)[O-])c1)C12CC3CC(CC(C3)C1)C2. The molecule has 0 saturated heterocycles. The van der Waals surface area contributed by atoms with Gasteiger partial charge in [0.1, 0.15) is 5.02 Å². The van der Waals surface area contributed by atoms with Crippen molar-refractivity contribution in [3.05, 3.63) is 38.9 Å². The lowest BCUT2D eigenvalue weighted by molar-refractivity contribution is -0.384. The number of nitro benzene ring substituents is 1. The normalized spacial score (nSPS) is 30.6. The Morgan fingerprint density at radius 1 is 1.24 bits per heavy atom. The van der Waals surface area contributed by atoms with Crippen LogP contribution in [0, 0.1) is 33.3 Å². The minimum absolute atomic E-state index is 0.0111. The van der Waals surface area contributed by atoms with Crippen LogP contribution >= 0.6 is 11.6 Å². The van der Waals surface area contributed by atoms with E-state index in [9.17, 15) is 19.7 Å². The van der Waals surface area contributed by atoms with E-state index in [1.165, 1.54) is 50.7 Å². The number of carbonyl (C=O) groups excluding carboxylic acids is 2. The van der Waals surface area contributed by atoms with Crippen LogP contribution in [0.15, 0.2) is 18.2 Å². The van der Waals surface area contributed by atoms with Crippen LogP contribution in [0.25, 0.3) is 0 Å². The van der Waals surface area contributed by atoms with Gasteiger partial charge in [-0.25, -0.2) is 4.79 Å². The van der Waals surface area contributed by atoms with Crippen LogP contribution in [0.4, 0.5) is 5.69 Å². The molecule has 4 aliphatic rings. The molecule has 1 atom stereocenters. The number of carbonyl (C=O) groups is 2. The number of amides is 1. The van der Waals surface area contributed by atoms with Crippen LogP contribution in [-0.2, 0) is 9.53 Å². The highest BCUT2D eigenvalue weighted by atomic mass is 35.5. The predicted molar refractivity (Wildman–Crippen MR) is 107 cm³/mol. The molecule has 0 heterocycles. The number of nitro groups is 1. The number of nitrogens with one attached hydrogen (secondary N) is 1. The van der Waals surface area contributed by atoms with E-state index in [-0.39, 0.29) is 33.6 Å². The van der Waals surface area contributed by atoms with Crippen LogP contribution in [0.2, 0.25) is 5.02 Å². The van der Waals surface area contributed by atoms with Crippen LogP contribution in [0.1, 0.15) is 55.8 Å². The van der Waals surface area contributed by atoms with E-state index in [0.29, 0.717) is 0 Å². The summed E-state index contributed by atoms with van der Waals surface area (Å²) in [4.78, 5) is 34.9. The third kappa shape index (κ3) is 3.97. The van der Waals surface area contributed by atoms with Gasteiger partial charge in [-0.3, -0.25) is 14.9 Å². The van der Waals surface area contributed by atoms with Crippen LogP contribution in [-0.4, -0.2) is 29.4 Å². The van der Waals surface area contributed by atoms with Crippen LogP contribution in [0.3, 0.4) is 0 Å². The monoisotopic (exact) mass is 420 g/mol. The van der Waals surface area contributed by atoms with Crippen molar-refractivity contribution >= 4 is 29.2 Å². The lowest BCUT2D eigenvalue weighted by Crippen LogP contribution is -2.56. The van der Waals surface area contributed by atoms with Gasteiger partial charge in [-0.2, -0.15) is 0 Å². The van der Waals surface area contributed by atoms with Crippen molar-refractivity contribution in [2.45, 2.75) is 51.5 Å². The molecule has 4 saturated carbocycles. The van der Waals surface area contributed by atoms with Crippen molar-refractivity contribution in [3.63, 3.8) is 0 Å². The van der Waals surface area contributed by atoms with E-state index in [1.807, 2.05) is 0 Å². The van der Waals surface area contributed by atoms with E-state index in [2.05, 4.69) is 12.2 Å². The van der Waals surface area contributed by atoms with E-state index in [4.69, 9.17) is 16.3 Å². The van der Waals surface area contributed by atoms with Gasteiger partial charge < -0.3 is 10.1 Å². The van der Waals surface area contributed by atoms with Gasteiger partial charge in [-0.15, -0.1) is 0 Å². The maximum atomic E-state index is 12.4. The van der Waals surface area contributed by atoms with Gasteiger partial charge in [-0.05, 0) is 80.8 Å². The van der Waals surface area contributed by atoms with Crippen molar-refractivity contribution in [1.82, 2.24) is 5.32 Å². The first-order valence-electron chi connectivity index (χ1n) is 10.2. The number of esters is 1. The molecule has 4 aliphatic carbocycles. The lowest BCUT2D eigenvalue weighted by Gasteiger charge is -2.59. The Hall–Kier alpha value is -2.15. The second-order valence-corrected chi connectivity index (χ2v) is 9.48. The van der Waals surface area contributed by atoms with Gasteiger partial charge >= 0.3 is 5.97 Å². The second-order valence-electron chi connectivity index (χ2n) is 9.07. The number of benzene rings is 1. The molecule has 1 amide bonds. The van der Waals surface area contributed by atoms with Gasteiger partial charge in [0, 0.05) is 12.1 Å². The molecule has 4 fully saturated rings. The number of halogens is 1. The zero-order valence-corrected chi connectivity index (χ0v) is 17.1. The third-order valence-electron chi connectivity index (χ3n) is 7.09. The van der Waals surface area contributed by atoms with E-state index in [1.54, 1.807) is 0 Å². The molecular weight excluding hydrogens is 396 g/mol. The van der Waals surface area contributed by atoms with Crippen molar-refractivity contribution < 1.29 is 19.2 Å². The highest BCUT2D eigenvalue weighted by Crippen LogP contribution is 2.61. The fourth-order valence-electron chi connectivity index (χ4n) is 6.14. The van der Waals surface area contributed by atoms with Gasteiger partial charge in [0.15, 0.2) is 6.61 Å². The van der Waals surface area contributed by atoms with Crippen molar-refractivity contribution in [2.75, 3.05) is 6.61 Å². The highest BCUT2D eigenvalue weighted by Gasteiger charge is 2.53. The Morgan fingerprint density at radius 3 is 2.38 bits per heavy atom. The second kappa shape index (κ2) is 7.59. The lowest BCUT2D eigenvalue weighted by atomic mass is 9.48. The molecule has 29 heavy (non-hydrogen) atoms. The highest BCUT2D eigenvalue weighted by molar-refractivity contribution is 6.32. The first kappa shape index (κ1) is 20.1. The van der Waals surface area contributed by atoms with Crippen LogP contribution < -0.4 is 5.32 Å². The van der Waals surface area contributed by atoms with Gasteiger partial charge in [0.25, 0.3) is 11.6 Å². The molecular formula is C21H25ClN2O5. The smallest absolute Gasteiger partial charge is 0.338 e. The zero-order valence-electron chi connectivity index (χ0n) is 16.4. The van der Waals surface area contributed by atoms with E-state index >= 15 is 0 Å². The summed E-state index contributed by atoms with van der Waals surface area (Å²) < 4.78 is 5.07. The third-order valence-corrected chi connectivity index (χ3v) is 7.41. The van der Waals surface area contributed by atoms with Crippen molar-refractivity contribution in [1.29, 1.82) is 0 Å². The topological polar surface area (TPSA) is 98.5 Å². The molecule has 7 nitrogen and oxygen atoms in total. The molecule has 0 aliphatic heterocycles. The van der Waals surface area contributed by atoms with Crippen molar-refractivity contribution in [3.8, 4) is 0 Å².